The number of fused-ring (bicyclic) bond motifs is 4. The molecule has 1 saturated heterocycles. The average Bonchev–Trinajstić information content (AvgIpc) is 3.18. The smallest absolute Gasteiger partial charge is 0.327 e. The van der Waals surface area contributed by atoms with Crippen molar-refractivity contribution in [3.05, 3.63) is 66.1 Å². The van der Waals surface area contributed by atoms with Crippen LogP contribution in [0.5, 0.6) is 0 Å². The first-order valence-corrected chi connectivity index (χ1v) is 9.91. The number of pyridine rings is 2. The lowest BCUT2D eigenvalue weighted by molar-refractivity contribution is 0.255. The maximum atomic E-state index is 13.3. The van der Waals surface area contributed by atoms with Crippen LogP contribution in [0.3, 0.4) is 0 Å². The third-order valence-electron chi connectivity index (χ3n) is 5.69. The molecule has 2 amide bonds. The minimum absolute atomic E-state index is 0.0844. The summed E-state index contributed by atoms with van der Waals surface area (Å²) in [7, 11) is 0. The van der Waals surface area contributed by atoms with E-state index in [1.54, 1.807) is 18.5 Å². The molecule has 7 heteroatoms. The SMILES string of the molecule is Cc1cc(-c2cc3c(cc2C#N)N2CC[C@@H](C2)N3C(=O)Nc2ccccn2)ccn1. The maximum Gasteiger partial charge on any atom is 0.327 e. The van der Waals surface area contributed by atoms with E-state index in [9.17, 15) is 10.1 Å². The number of hydrogen-bond donors (Lipinski definition) is 1. The van der Waals surface area contributed by atoms with Crippen LogP contribution in [-0.2, 0) is 0 Å². The van der Waals surface area contributed by atoms with Gasteiger partial charge in [-0.15, -0.1) is 0 Å². The zero-order valence-electron chi connectivity index (χ0n) is 16.5. The first kappa shape index (κ1) is 18.1. The molecule has 4 heterocycles. The summed E-state index contributed by atoms with van der Waals surface area (Å²) in [5, 5.41) is 12.7. The van der Waals surface area contributed by atoms with Crippen LogP contribution < -0.4 is 15.1 Å². The van der Waals surface area contributed by atoms with Crippen molar-refractivity contribution < 1.29 is 4.79 Å². The molecule has 1 N–H and O–H groups in total. The normalized spacial score (nSPS) is 16.7. The van der Waals surface area contributed by atoms with Gasteiger partial charge in [0.25, 0.3) is 0 Å². The number of rotatable bonds is 2. The zero-order chi connectivity index (χ0) is 20.7. The Morgan fingerprint density at radius 1 is 1.17 bits per heavy atom. The van der Waals surface area contributed by atoms with E-state index in [0.717, 1.165) is 47.7 Å². The van der Waals surface area contributed by atoms with E-state index in [-0.39, 0.29) is 12.1 Å². The number of nitrogens with one attached hydrogen (secondary N) is 1. The van der Waals surface area contributed by atoms with Crippen molar-refractivity contribution >= 4 is 23.2 Å². The Bertz CT molecular complexity index is 1170. The minimum atomic E-state index is -0.205. The van der Waals surface area contributed by atoms with Crippen LogP contribution in [0.4, 0.5) is 22.0 Å². The summed E-state index contributed by atoms with van der Waals surface area (Å²) < 4.78 is 0. The van der Waals surface area contributed by atoms with E-state index in [4.69, 9.17) is 0 Å². The van der Waals surface area contributed by atoms with E-state index in [0.29, 0.717) is 11.4 Å². The third kappa shape index (κ3) is 3.03. The zero-order valence-corrected chi connectivity index (χ0v) is 16.5. The Balaban J connectivity index is 1.61. The van der Waals surface area contributed by atoms with E-state index >= 15 is 0 Å². The van der Waals surface area contributed by atoms with Gasteiger partial charge in [0.05, 0.1) is 29.0 Å². The summed E-state index contributed by atoms with van der Waals surface area (Å²) in [5.74, 6) is 0.517. The van der Waals surface area contributed by atoms with Crippen molar-refractivity contribution in [3.63, 3.8) is 0 Å². The topological polar surface area (TPSA) is 85.2 Å². The van der Waals surface area contributed by atoms with Crippen LogP contribution in [0, 0.1) is 18.3 Å². The van der Waals surface area contributed by atoms with Gasteiger partial charge in [-0.3, -0.25) is 15.2 Å². The molecule has 0 unspecified atom stereocenters. The van der Waals surface area contributed by atoms with Gasteiger partial charge in [-0.2, -0.15) is 5.26 Å². The summed E-state index contributed by atoms with van der Waals surface area (Å²) >= 11 is 0. The van der Waals surface area contributed by atoms with Crippen molar-refractivity contribution in [1.29, 1.82) is 5.26 Å². The van der Waals surface area contributed by atoms with Gasteiger partial charge in [0.1, 0.15) is 5.82 Å². The van der Waals surface area contributed by atoms with Gasteiger partial charge in [0, 0.05) is 36.7 Å². The molecular formula is C23H20N6O. The number of carbonyl (C=O) groups excluding carboxylic acids is 1. The Morgan fingerprint density at radius 3 is 2.83 bits per heavy atom. The molecule has 1 fully saturated rings. The van der Waals surface area contributed by atoms with Crippen molar-refractivity contribution in [2.24, 2.45) is 0 Å². The molecule has 2 aliphatic heterocycles. The second-order valence-corrected chi connectivity index (χ2v) is 7.59. The Labute approximate surface area is 174 Å². The lowest BCUT2D eigenvalue weighted by atomic mass is 9.97. The van der Waals surface area contributed by atoms with E-state index in [2.05, 4.69) is 26.3 Å². The predicted octanol–water partition coefficient (Wildman–Crippen LogP) is 3.95. The monoisotopic (exact) mass is 396 g/mol. The predicted molar refractivity (Wildman–Crippen MR) is 115 cm³/mol. The van der Waals surface area contributed by atoms with Crippen LogP contribution in [0.1, 0.15) is 17.7 Å². The molecule has 3 aromatic rings. The lowest BCUT2D eigenvalue weighted by Gasteiger charge is -2.37. The highest BCUT2D eigenvalue weighted by atomic mass is 16.2. The number of hydrogen-bond acceptors (Lipinski definition) is 5. The van der Waals surface area contributed by atoms with Crippen LogP contribution in [0.2, 0.25) is 0 Å². The van der Waals surface area contributed by atoms with Crippen LogP contribution in [0.25, 0.3) is 11.1 Å². The molecule has 0 saturated carbocycles. The molecule has 1 aromatic carbocycles. The maximum absolute atomic E-state index is 13.3. The number of aromatic nitrogens is 2. The summed E-state index contributed by atoms with van der Waals surface area (Å²) in [6, 6.07) is 15.4. The number of amides is 2. The molecule has 148 valence electrons. The molecule has 7 nitrogen and oxygen atoms in total. The average molecular weight is 396 g/mol. The van der Waals surface area contributed by atoms with Crippen LogP contribution in [-0.4, -0.2) is 35.1 Å². The van der Waals surface area contributed by atoms with Gasteiger partial charge in [-0.1, -0.05) is 6.07 Å². The van der Waals surface area contributed by atoms with Gasteiger partial charge in [-0.05, 0) is 55.3 Å². The van der Waals surface area contributed by atoms with Crippen molar-refractivity contribution in [2.45, 2.75) is 19.4 Å². The fourth-order valence-electron chi connectivity index (χ4n) is 4.32. The van der Waals surface area contributed by atoms with E-state index in [1.807, 2.05) is 48.2 Å². The molecule has 2 bridgehead atoms. The molecule has 1 atom stereocenters. The minimum Gasteiger partial charge on any atom is -0.368 e. The van der Waals surface area contributed by atoms with Crippen LogP contribution in [0.15, 0.2) is 54.9 Å². The summed E-state index contributed by atoms with van der Waals surface area (Å²) in [5.41, 5.74) is 4.93. The van der Waals surface area contributed by atoms with Gasteiger partial charge in [-0.25, -0.2) is 9.78 Å². The highest BCUT2D eigenvalue weighted by molar-refractivity contribution is 6.06. The number of benzene rings is 1. The van der Waals surface area contributed by atoms with Gasteiger partial charge in [0.2, 0.25) is 0 Å². The number of carbonyl (C=O) groups is 1. The Morgan fingerprint density at radius 2 is 2.07 bits per heavy atom. The Kier molecular flexibility index (Phi) is 4.32. The first-order chi connectivity index (χ1) is 14.6. The number of aryl methyl sites for hydroxylation is 1. The first-order valence-electron chi connectivity index (χ1n) is 9.91. The molecule has 2 aliphatic rings. The van der Waals surface area contributed by atoms with Gasteiger partial charge in [0.15, 0.2) is 0 Å². The van der Waals surface area contributed by atoms with Gasteiger partial charge >= 0.3 is 6.03 Å². The lowest BCUT2D eigenvalue weighted by Crippen LogP contribution is -2.48. The molecule has 0 aliphatic carbocycles. The standard InChI is InChI=1S/C23H20N6O/c1-15-10-16(5-8-25-15)19-12-21-20(11-17(19)13-24)28-9-6-18(14-28)29(21)23(30)27-22-4-2-3-7-26-22/h2-5,7-8,10-12,18H,6,9,14H2,1H3,(H,26,27,30)/t18-/m0/s1. The van der Waals surface area contributed by atoms with Crippen LogP contribution >= 0.6 is 0 Å². The van der Waals surface area contributed by atoms with Crippen molar-refractivity contribution in [1.82, 2.24) is 9.97 Å². The third-order valence-corrected chi connectivity index (χ3v) is 5.69. The number of anilines is 3. The largest absolute Gasteiger partial charge is 0.368 e. The fourth-order valence-corrected chi connectivity index (χ4v) is 4.32. The molecule has 30 heavy (non-hydrogen) atoms. The van der Waals surface area contributed by atoms with Gasteiger partial charge < -0.3 is 4.90 Å². The molecular weight excluding hydrogens is 376 g/mol. The molecule has 0 radical (unpaired) electrons. The molecule has 0 spiro atoms. The quantitative estimate of drug-likeness (QED) is 0.709. The number of nitriles is 1. The molecule has 5 rings (SSSR count). The van der Waals surface area contributed by atoms with E-state index in [1.165, 1.54) is 0 Å². The summed E-state index contributed by atoms with van der Waals surface area (Å²) in [6.45, 7) is 3.55. The summed E-state index contributed by atoms with van der Waals surface area (Å²) in [6.07, 6.45) is 4.28. The Hall–Kier alpha value is -3.92. The second-order valence-electron chi connectivity index (χ2n) is 7.59. The highest BCUT2D eigenvalue weighted by Crippen LogP contribution is 2.44. The second kappa shape index (κ2) is 7.16. The molecule has 2 aromatic heterocycles. The highest BCUT2D eigenvalue weighted by Gasteiger charge is 2.39. The summed E-state index contributed by atoms with van der Waals surface area (Å²) in [4.78, 5) is 25.8. The van der Waals surface area contributed by atoms with Crippen molar-refractivity contribution in [2.75, 3.05) is 28.2 Å². The van der Waals surface area contributed by atoms with Crippen molar-refractivity contribution in [3.8, 4) is 17.2 Å². The number of urea groups is 1. The fraction of sp³-hybridized carbons (Fsp3) is 0.217. The van der Waals surface area contributed by atoms with E-state index < -0.39 is 0 Å². The number of nitrogens with zero attached hydrogens (tertiary/aromatic N) is 5.